The van der Waals surface area contributed by atoms with Gasteiger partial charge in [0.05, 0.1) is 6.42 Å². The number of carbonyl (C=O) groups excluding carboxylic acids is 1. The van der Waals surface area contributed by atoms with Gasteiger partial charge in [0.15, 0.2) is 5.78 Å². The zero-order chi connectivity index (χ0) is 29.0. The molecule has 1 saturated carbocycles. The fourth-order valence-electron chi connectivity index (χ4n) is 4.49. The predicted octanol–water partition coefficient (Wildman–Crippen LogP) is 10.0. The third-order valence-electron chi connectivity index (χ3n) is 6.52. The van der Waals surface area contributed by atoms with Gasteiger partial charge in [-0.25, -0.2) is 0 Å². The minimum absolute atomic E-state index is 0.241. The van der Waals surface area contributed by atoms with Crippen LogP contribution in [0.15, 0.2) is 85.4 Å². The van der Waals surface area contributed by atoms with Gasteiger partial charge in [0.2, 0.25) is 0 Å². The summed E-state index contributed by atoms with van der Waals surface area (Å²) in [5.41, 5.74) is 3.02. The lowest BCUT2D eigenvalue weighted by molar-refractivity contribution is -0.143. The molecule has 0 radical (unpaired) electrons. The molecule has 4 rings (SSSR count). The number of ketones is 1. The van der Waals surface area contributed by atoms with E-state index in [4.69, 9.17) is 4.74 Å². The first kappa shape index (κ1) is 31.3. The number of nitrogens with one attached hydrogen (secondary N) is 1. The van der Waals surface area contributed by atoms with Gasteiger partial charge in [-0.15, -0.1) is 11.8 Å². The molecular formula is C33H38F3NO2S. The SMILES string of the molecule is C=C(NC(SC1CCCCC1)C(=O)CCC(F)(F)F)c1ccc(Oc2ccccc2)c(-c2ccccc2)c1.CC. The summed E-state index contributed by atoms with van der Waals surface area (Å²) in [4.78, 5) is 12.9. The van der Waals surface area contributed by atoms with Gasteiger partial charge in [-0.3, -0.25) is 4.79 Å². The number of hydrogen-bond acceptors (Lipinski definition) is 4. The highest BCUT2D eigenvalue weighted by molar-refractivity contribution is 8.01. The van der Waals surface area contributed by atoms with Gasteiger partial charge in [0.25, 0.3) is 0 Å². The Balaban J connectivity index is 0.00000216. The summed E-state index contributed by atoms with van der Waals surface area (Å²) in [6.07, 6.45) is -0.804. The topological polar surface area (TPSA) is 38.3 Å². The Kier molecular flexibility index (Phi) is 12.2. The van der Waals surface area contributed by atoms with Gasteiger partial charge in [-0.1, -0.05) is 88.2 Å². The van der Waals surface area contributed by atoms with Gasteiger partial charge in [-0.2, -0.15) is 13.2 Å². The second-order valence-corrected chi connectivity index (χ2v) is 10.9. The Bertz CT molecular complexity index is 1210. The first-order chi connectivity index (χ1) is 19.3. The van der Waals surface area contributed by atoms with E-state index in [-0.39, 0.29) is 5.25 Å². The van der Waals surface area contributed by atoms with Gasteiger partial charge in [-0.05, 0) is 54.3 Å². The van der Waals surface area contributed by atoms with Crippen LogP contribution in [-0.4, -0.2) is 22.6 Å². The second-order valence-electron chi connectivity index (χ2n) is 9.47. The highest BCUT2D eigenvalue weighted by Gasteiger charge is 2.31. The molecule has 0 aromatic heterocycles. The van der Waals surface area contributed by atoms with Gasteiger partial charge in [0.1, 0.15) is 16.9 Å². The van der Waals surface area contributed by atoms with Crippen molar-refractivity contribution in [2.75, 3.05) is 0 Å². The number of ether oxygens (including phenoxy) is 1. The summed E-state index contributed by atoms with van der Waals surface area (Å²) in [7, 11) is 0. The first-order valence-electron chi connectivity index (χ1n) is 13.9. The number of Topliss-reactive ketones (excluding diaryl/α,β-unsaturated/α-hetero) is 1. The van der Waals surface area contributed by atoms with Crippen molar-refractivity contribution in [1.29, 1.82) is 0 Å². The highest BCUT2D eigenvalue weighted by atomic mass is 32.2. The molecule has 1 aliphatic carbocycles. The number of hydrogen-bond donors (Lipinski definition) is 1. The number of rotatable bonds is 11. The molecule has 1 unspecified atom stereocenters. The quantitative estimate of drug-likeness (QED) is 0.233. The van der Waals surface area contributed by atoms with Crippen LogP contribution < -0.4 is 10.1 Å². The minimum atomic E-state index is -4.37. The average molecular weight is 570 g/mol. The molecule has 0 bridgehead atoms. The molecule has 1 aliphatic rings. The molecule has 0 spiro atoms. The third kappa shape index (κ3) is 9.77. The molecule has 0 saturated heterocycles. The Morgan fingerprint density at radius 3 is 2.23 bits per heavy atom. The van der Waals surface area contributed by atoms with E-state index in [1.54, 1.807) is 0 Å². The van der Waals surface area contributed by atoms with E-state index in [1.807, 2.05) is 92.7 Å². The van der Waals surface area contributed by atoms with Gasteiger partial charge < -0.3 is 10.1 Å². The van der Waals surface area contributed by atoms with Crippen LogP contribution in [-0.2, 0) is 4.79 Å². The van der Waals surface area contributed by atoms with E-state index in [1.165, 1.54) is 11.8 Å². The zero-order valence-corrected chi connectivity index (χ0v) is 24.0. The molecule has 1 N–H and O–H groups in total. The third-order valence-corrected chi connectivity index (χ3v) is 8.03. The van der Waals surface area contributed by atoms with Crippen molar-refractivity contribution in [3.63, 3.8) is 0 Å². The highest BCUT2D eigenvalue weighted by Crippen LogP contribution is 2.37. The summed E-state index contributed by atoms with van der Waals surface area (Å²) in [5, 5.41) is 2.63. The van der Waals surface area contributed by atoms with Crippen LogP contribution in [0.4, 0.5) is 13.2 Å². The molecule has 1 fully saturated rings. The average Bonchev–Trinajstić information content (AvgIpc) is 2.98. The molecule has 3 aromatic rings. The van der Waals surface area contributed by atoms with E-state index in [9.17, 15) is 18.0 Å². The second kappa shape index (κ2) is 15.6. The maximum Gasteiger partial charge on any atom is 0.389 e. The van der Waals surface area contributed by atoms with Crippen molar-refractivity contribution in [3.8, 4) is 22.6 Å². The van der Waals surface area contributed by atoms with Crippen LogP contribution in [0, 0.1) is 0 Å². The lowest BCUT2D eigenvalue weighted by Gasteiger charge is -2.27. The van der Waals surface area contributed by atoms with Crippen molar-refractivity contribution >= 4 is 23.2 Å². The Hall–Kier alpha value is -3.19. The molecule has 40 heavy (non-hydrogen) atoms. The van der Waals surface area contributed by atoms with Crippen molar-refractivity contribution < 1.29 is 22.7 Å². The summed E-state index contributed by atoms with van der Waals surface area (Å²) in [6, 6.07) is 24.9. The van der Waals surface area contributed by atoms with E-state index in [0.29, 0.717) is 17.2 Å². The molecular weight excluding hydrogens is 531 g/mol. The number of para-hydroxylation sites is 1. The monoisotopic (exact) mass is 569 g/mol. The van der Waals surface area contributed by atoms with Crippen molar-refractivity contribution in [3.05, 3.63) is 91.0 Å². The van der Waals surface area contributed by atoms with E-state index < -0.39 is 30.2 Å². The normalized spacial score (nSPS) is 14.4. The van der Waals surface area contributed by atoms with Gasteiger partial charge >= 0.3 is 6.18 Å². The minimum Gasteiger partial charge on any atom is -0.457 e. The van der Waals surface area contributed by atoms with Gasteiger partial charge in [0, 0.05) is 22.9 Å². The summed E-state index contributed by atoms with van der Waals surface area (Å²) >= 11 is 1.44. The number of halogens is 3. The van der Waals surface area contributed by atoms with E-state index >= 15 is 0 Å². The first-order valence-corrected chi connectivity index (χ1v) is 14.9. The number of alkyl halides is 3. The van der Waals surface area contributed by atoms with Crippen molar-refractivity contribution in [2.45, 2.75) is 75.6 Å². The number of thioether (sulfide) groups is 1. The fraction of sp³-hybridized carbons (Fsp3) is 0.364. The molecule has 3 nitrogen and oxygen atoms in total. The van der Waals surface area contributed by atoms with Crippen LogP contribution in [0.1, 0.15) is 64.4 Å². The van der Waals surface area contributed by atoms with Crippen LogP contribution >= 0.6 is 11.8 Å². The summed E-state index contributed by atoms with van der Waals surface area (Å²) < 4.78 is 44.7. The largest absolute Gasteiger partial charge is 0.457 e. The Morgan fingerprint density at radius 1 is 0.975 bits per heavy atom. The van der Waals surface area contributed by atoms with Crippen molar-refractivity contribution in [2.24, 2.45) is 0 Å². The maximum absolute atomic E-state index is 12.9. The van der Waals surface area contributed by atoms with Crippen LogP contribution in [0.2, 0.25) is 0 Å². The van der Waals surface area contributed by atoms with Crippen LogP contribution in [0.25, 0.3) is 16.8 Å². The molecule has 0 heterocycles. The van der Waals surface area contributed by atoms with Crippen LogP contribution in [0.5, 0.6) is 11.5 Å². The molecule has 0 amide bonds. The molecule has 7 heteroatoms. The van der Waals surface area contributed by atoms with E-state index in [0.717, 1.165) is 48.8 Å². The molecule has 1 atom stereocenters. The smallest absolute Gasteiger partial charge is 0.389 e. The molecule has 3 aromatic carbocycles. The number of benzene rings is 3. The molecule has 214 valence electrons. The lowest BCUT2D eigenvalue weighted by Crippen LogP contribution is -2.35. The van der Waals surface area contributed by atoms with Crippen molar-refractivity contribution in [1.82, 2.24) is 5.32 Å². The summed E-state index contributed by atoms with van der Waals surface area (Å²) in [5.74, 6) is 0.910. The Labute approximate surface area is 240 Å². The fourth-order valence-corrected chi connectivity index (χ4v) is 5.96. The Morgan fingerprint density at radius 2 is 1.60 bits per heavy atom. The number of carbonyl (C=O) groups is 1. The molecule has 0 aliphatic heterocycles. The maximum atomic E-state index is 12.9. The van der Waals surface area contributed by atoms with E-state index in [2.05, 4.69) is 11.9 Å². The lowest BCUT2D eigenvalue weighted by atomic mass is 10.0. The predicted molar refractivity (Wildman–Crippen MR) is 160 cm³/mol. The summed E-state index contributed by atoms with van der Waals surface area (Å²) in [6.45, 7) is 8.16. The van der Waals surface area contributed by atoms with Crippen LogP contribution in [0.3, 0.4) is 0 Å². The zero-order valence-electron chi connectivity index (χ0n) is 23.2. The standard InChI is InChI=1S/C31H32F3NO2S.C2H6/c1-22(35-30(28(36)19-20-31(32,33)34)38-26-15-9-4-10-16-26)24-17-18-29(37-25-13-7-3-8-14-25)27(21-24)23-11-5-2-6-12-23;1-2/h2-3,5-8,11-14,17-18,21,26,30,35H,1,4,9-10,15-16,19-20H2;1-2H3.